The Balaban J connectivity index is 1.64. The first kappa shape index (κ1) is 23.6. The van der Waals surface area contributed by atoms with E-state index in [1.807, 2.05) is 0 Å². The van der Waals surface area contributed by atoms with Gasteiger partial charge in [0.05, 0.1) is 28.1 Å². The number of imidazole rings is 1. The van der Waals surface area contributed by atoms with Crippen LogP contribution in [0.1, 0.15) is 26.3 Å². The van der Waals surface area contributed by atoms with Crippen LogP contribution in [0.3, 0.4) is 0 Å². The molecule has 12 heteroatoms. The van der Waals surface area contributed by atoms with Gasteiger partial charge in [0.2, 0.25) is 5.91 Å². The molecule has 34 heavy (non-hydrogen) atoms. The fraction of sp³-hybridized carbons (Fsp3) is 0.182. The molecule has 0 saturated carbocycles. The number of carbonyl (C=O) groups is 1. The number of nitrogens with zero attached hydrogens (tertiary/aromatic N) is 4. The molecule has 0 atom stereocenters. The van der Waals surface area contributed by atoms with E-state index in [1.165, 1.54) is 35.8 Å². The second-order valence-electron chi connectivity index (χ2n) is 8.08. The van der Waals surface area contributed by atoms with E-state index in [0.717, 1.165) is 0 Å². The number of hydrogen-bond donors (Lipinski definition) is 3. The number of aromatic nitrogens is 4. The van der Waals surface area contributed by atoms with Gasteiger partial charge in [-0.2, -0.15) is 5.10 Å². The van der Waals surface area contributed by atoms with Crippen LogP contribution < -0.4 is 10.0 Å². The molecule has 0 saturated heterocycles. The molecule has 0 aliphatic carbocycles. The zero-order valence-corrected chi connectivity index (χ0v) is 20.0. The average molecular weight is 501 g/mol. The number of hydrogen-bond acceptors (Lipinski definition) is 7. The number of pyridine rings is 1. The monoisotopic (exact) mass is 500 g/mol. The Morgan fingerprint density at radius 3 is 2.50 bits per heavy atom. The van der Waals surface area contributed by atoms with Gasteiger partial charge in [-0.15, -0.1) is 0 Å². The van der Waals surface area contributed by atoms with Crippen LogP contribution in [0.15, 0.2) is 59.8 Å². The number of halogens is 1. The molecule has 3 N–H and O–H groups in total. The number of nitrogens with one attached hydrogen (secondary N) is 2. The Morgan fingerprint density at radius 1 is 1.15 bits per heavy atom. The number of carbonyl (C=O) groups excluding carboxylic acids is 1. The summed E-state index contributed by atoms with van der Waals surface area (Å²) in [4.78, 5) is 19.6. The molecule has 0 spiro atoms. The lowest BCUT2D eigenvalue weighted by molar-refractivity contribution is -0.114. The van der Waals surface area contributed by atoms with Crippen LogP contribution >= 0.6 is 11.6 Å². The van der Waals surface area contributed by atoms with Crippen molar-refractivity contribution in [2.75, 3.05) is 10.0 Å². The molecule has 4 aromatic rings. The molecular weight excluding hydrogens is 480 g/mol. The molecule has 0 unspecified atom stereocenters. The van der Waals surface area contributed by atoms with Crippen molar-refractivity contribution >= 4 is 44.7 Å². The zero-order valence-electron chi connectivity index (χ0n) is 18.4. The van der Waals surface area contributed by atoms with Crippen LogP contribution in [0.5, 0.6) is 0 Å². The minimum Gasteiger partial charge on any atom is -0.386 e. The molecule has 0 bridgehead atoms. The lowest BCUT2D eigenvalue weighted by Gasteiger charge is -2.18. The summed E-state index contributed by atoms with van der Waals surface area (Å²) in [5.41, 5.74) is 1.08. The third-order valence-corrected chi connectivity index (χ3v) is 6.56. The Morgan fingerprint density at radius 2 is 1.85 bits per heavy atom. The topological polar surface area (TPSA) is 139 Å². The number of anilines is 2. The van der Waals surface area contributed by atoms with E-state index in [1.54, 1.807) is 44.3 Å². The number of sulfonamides is 1. The van der Waals surface area contributed by atoms with E-state index in [2.05, 4.69) is 25.1 Å². The predicted octanol–water partition coefficient (Wildman–Crippen LogP) is 3.43. The highest BCUT2D eigenvalue weighted by Crippen LogP contribution is 2.29. The average Bonchev–Trinajstić information content (AvgIpc) is 3.15. The van der Waals surface area contributed by atoms with E-state index >= 15 is 0 Å². The van der Waals surface area contributed by atoms with Crippen molar-refractivity contribution in [3.05, 3.63) is 65.6 Å². The highest BCUT2D eigenvalue weighted by Gasteiger charge is 2.20. The summed E-state index contributed by atoms with van der Waals surface area (Å²) < 4.78 is 29.8. The van der Waals surface area contributed by atoms with Crippen LogP contribution in [0.25, 0.3) is 16.9 Å². The summed E-state index contributed by atoms with van der Waals surface area (Å²) in [5.74, 6) is 0.104. The Kier molecular flexibility index (Phi) is 6.02. The van der Waals surface area contributed by atoms with Crippen molar-refractivity contribution in [1.29, 1.82) is 0 Å². The van der Waals surface area contributed by atoms with Crippen molar-refractivity contribution in [2.24, 2.45) is 0 Å². The molecule has 1 aromatic carbocycles. The number of amides is 1. The summed E-state index contributed by atoms with van der Waals surface area (Å²) in [6.45, 7) is 4.61. The summed E-state index contributed by atoms with van der Waals surface area (Å²) in [5, 5.41) is 17.1. The number of fused-ring (bicyclic) bond motifs is 1. The van der Waals surface area contributed by atoms with Crippen molar-refractivity contribution in [3.63, 3.8) is 0 Å². The quantitative estimate of drug-likeness (QED) is 0.345. The van der Waals surface area contributed by atoms with E-state index in [0.29, 0.717) is 28.3 Å². The number of aliphatic hydroxyl groups is 1. The standard InChI is InChI=1S/C22H21ClN6O4S/c1-13(30)25-19-12-29-20(26-19)9-8-17(27-29)14-10-18(21(23)24-11-14)28-34(32,33)16-6-4-15(5-7-16)22(2,3)31/h4-12,28,31H,1-3H3,(H,25,30). The lowest BCUT2D eigenvalue weighted by atomic mass is 9.99. The molecule has 0 fully saturated rings. The number of rotatable bonds is 6. The maximum Gasteiger partial charge on any atom is 0.261 e. The summed E-state index contributed by atoms with van der Waals surface area (Å²) in [6, 6.07) is 10.8. The van der Waals surface area contributed by atoms with Crippen LogP contribution in [-0.4, -0.2) is 39.0 Å². The normalized spacial score (nSPS) is 12.0. The smallest absolute Gasteiger partial charge is 0.261 e. The molecule has 10 nitrogen and oxygen atoms in total. The molecule has 1 amide bonds. The predicted molar refractivity (Wildman–Crippen MR) is 128 cm³/mol. The highest BCUT2D eigenvalue weighted by molar-refractivity contribution is 7.92. The van der Waals surface area contributed by atoms with Crippen LogP contribution in [0.4, 0.5) is 11.5 Å². The first-order valence-corrected chi connectivity index (χ1v) is 11.9. The SMILES string of the molecule is CC(=O)Nc1cn2nc(-c3cnc(Cl)c(NS(=O)(=O)c4ccc(C(C)(C)O)cc4)c3)ccc2n1. The summed E-state index contributed by atoms with van der Waals surface area (Å²) in [7, 11) is -3.97. The highest BCUT2D eigenvalue weighted by atomic mass is 35.5. The van der Waals surface area contributed by atoms with Crippen molar-refractivity contribution in [2.45, 2.75) is 31.3 Å². The maximum atomic E-state index is 12.9. The Labute approximate surface area is 200 Å². The van der Waals surface area contributed by atoms with Crippen LogP contribution in [0, 0.1) is 0 Å². The fourth-order valence-electron chi connectivity index (χ4n) is 3.18. The third kappa shape index (κ3) is 5.01. The molecular formula is C22H21ClN6O4S. The second kappa shape index (κ2) is 8.67. The first-order chi connectivity index (χ1) is 15.9. The van der Waals surface area contributed by atoms with E-state index < -0.39 is 15.6 Å². The molecule has 176 valence electrons. The molecule has 0 aliphatic heterocycles. The molecule has 4 rings (SSSR count). The Bertz CT molecular complexity index is 1490. The van der Waals surface area contributed by atoms with Crippen molar-refractivity contribution < 1.29 is 18.3 Å². The van der Waals surface area contributed by atoms with E-state index in [4.69, 9.17) is 11.6 Å². The lowest BCUT2D eigenvalue weighted by Crippen LogP contribution is -2.17. The number of benzene rings is 1. The molecule has 0 radical (unpaired) electrons. The largest absolute Gasteiger partial charge is 0.386 e. The van der Waals surface area contributed by atoms with Crippen LogP contribution in [-0.2, 0) is 20.4 Å². The summed E-state index contributed by atoms with van der Waals surface area (Å²) >= 11 is 6.16. The fourth-order valence-corrected chi connectivity index (χ4v) is 4.45. The molecule has 3 heterocycles. The van der Waals surface area contributed by atoms with Gasteiger partial charge < -0.3 is 10.4 Å². The Hall–Kier alpha value is -3.54. The van der Waals surface area contributed by atoms with E-state index in [-0.39, 0.29) is 21.6 Å². The van der Waals surface area contributed by atoms with Gasteiger partial charge in [0.25, 0.3) is 10.0 Å². The van der Waals surface area contributed by atoms with Gasteiger partial charge in [0.15, 0.2) is 16.6 Å². The second-order valence-corrected chi connectivity index (χ2v) is 10.1. The van der Waals surface area contributed by atoms with Gasteiger partial charge in [-0.05, 0) is 49.7 Å². The first-order valence-electron chi connectivity index (χ1n) is 10.1. The van der Waals surface area contributed by atoms with Gasteiger partial charge >= 0.3 is 0 Å². The van der Waals surface area contributed by atoms with Gasteiger partial charge in [-0.3, -0.25) is 9.52 Å². The zero-order chi connectivity index (χ0) is 24.7. The minimum atomic E-state index is -3.97. The van der Waals surface area contributed by atoms with Crippen LogP contribution in [0.2, 0.25) is 5.15 Å². The van der Waals surface area contributed by atoms with Crippen molar-refractivity contribution in [1.82, 2.24) is 19.6 Å². The van der Waals surface area contributed by atoms with Gasteiger partial charge in [-0.25, -0.2) is 22.9 Å². The molecule has 0 aliphatic rings. The van der Waals surface area contributed by atoms with Gasteiger partial charge in [0, 0.05) is 18.7 Å². The third-order valence-electron chi connectivity index (χ3n) is 4.87. The van der Waals surface area contributed by atoms with Crippen molar-refractivity contribution in [3.8, 4) is 11.3 Å². The maximum absolute atomic E-state index is 12.9. The van der Waals surface area contributed by atoms with Gasteiger partial charge in [-0.1, -0.05) is 23.7 Å². The minimum absolute atomic E-state index is 0.00503. The van der Waals surface area contributed by atoms with Gasteiger partial charge in [0.1, 0.15) is 0 Å². The summed E-state index contributed by atoms with van der Waals surface area (Å²) in [6.07, 6.45) is 3.03. The molecule has 3 aromatic heterocycles. The van der Waals surface area contributed by atoms with E-state index in [9.17, 15) is 18.3 Å².